The van der Waals surface area contributed by atoms with E-state index in [0.717, 1.165) is 5.56 Å². The van der Waals surface area contributed by atoms with E-state index >= 15 is 0 Å². The van der Waals surface area contributed by atoms with E-state index in [1.165, 1.54) is 6.92 Å². The Morgan fingerprint density at radius 1 is 0.969 bits per heavy atom. The first-order valence-electron chi connectivity index (χ1n) is 9.87. The lowest BCUT2D eigenvalue weighted by molar-refractivity contribution is -0.141. The number of thiol groups is 1. The van der Waals surface area contributed by atoms with Gasteiger partial charge >= 0.3 is 5.97 Å². The van der Waals surface area contributed by atoms with Crippen LogP contribution in [0.4, 0.5) is 0 Å². The summed E-state index contributed by atoms with van der Waals surface area (Å²) >= 11 is 4.05. The highest BCUT2D eigenvalue weighted by Crippen LogP contribution is 2.06. The van der Waals surface area contributed by atoms with Crippen molar-refractivity contribution in [1.29, 1.82) is 0 Å². The first kappa shape index (κ1) is 26.9. The summed E-state index contributed by atoms with van der Waals surface area (Å²) in [5.74, 6) is -4.01. The van der Waals surface area contributed by atoms with Crippen LogP contribution in [0.5, 0.6) is 0 Å². The molecule has 0 saturated heterocycles. The van der Waals surface area contributed by atoms with Gasteiger partial charge in [-0.1, -0.05) is 30.3 Å². The van der Waals surface area contributed by atoms with E-state index in [-0.39, 0.29) is 25.0 Å². The van der Waals surface area contributed by atoms with Crippen molar-refractivity contribution >= 4 is 42.2 Å². The molecule has 0 radical (unpaired) electrons. The van der Waals surface area contributed by atoms with Crippen LogP contribution in [-0.2, 0) is 30.4 Å². The van der Waals surface area contributed by atoms with Gasteiger partial charge in [-0.25, -0.2) is 0 Å². The maximum absolute atomic E-state index is 12.9. The van der Waals surface area contributed by atoms with Gasteiger partial charge in [0.1, 0.15) is 18.1 Å². The zero-order chi connectivity index (χ0) is 24.3. The Morgan fingerprint density at radius 3 is 2.06 bits per heavy atom. The summed E-state index contributed by atoms with van der Waals surface area (Å²) in [5, 5.41) is 16.2. The molecule has 4 unspecified atom stereocenters. The standard InChI is InChI=1S/C20H29N5O6S/c1-11(20(30)31)23-19(29)15(10-32)25-18(28)14(9-12-5-3-2-4-6-12)24-17(27)13(21)7-8-16(22)26/h2-6,11,13-15,32H,7-10,21H2,1H3,(H2,22,26)(H,23,29)(H,24,27)(H,25,28)(H,30,31). The van der Waals surface area contributed by atoms with Crippen LogP contribution >= 0.6 is 12.6 Å². The van der Waals surface area contributed by atoms with Crippen molar-refractivity contribution in [2.45, 2.75) is 50.4 Å². The number of carbonyl (C=O) groups excluding carboxylic acids is 4. The first-order chi connectivity index (χ1) is 15.0. The van der Waals surface area contributed by atoms with Gasteiger partial charge in [0.25, 0.3) is 0 Å². The zero-order valence-electron chi connectivity index (χ0n) is 17.6. The average Bonchev–Trinajstić information content (AvgIpc) is 2.75. The zero-order valence-corrected chi connectivity index (χ0v) is 18.5. The summed E-state index contributed by atoms with van der Waals surface area (Å²) in [6.07, 6.45) is 0.0246. The molecule has 0 aliphatic heterocycles. The maximum atomic E-state index is 12.9. The van der Waals surface area contributed by atoms with Crippen LogP contribution in [0.15, 0.2) is 30.3 Å². The minimum absolute atomic E-state index is 0.00951. The van der Waals surface area contributed by atoms with E-state index in [0.29, 0.717) is 0 Å². The number of carboxylic acids is 1. The molecule has 0 fully saturated rings. The summed E-state index contributed by atoms with van der Waals surface area (Å²) in [7, 11) is 0. The predicted octanol–water partition coefficient (Wildman–Crippen LogP) is -1.69. The minimum Gasteiger partial charge on any atom is -0.480 e. The third-order valence-corrected chi connectivity index (χ3v) is 4.86. The van der Waals surface area contributed by atoms with Gasteiger partial charge in [-0.3, -0.25) is 24.0 Å². The second kappa shape index (κ2) is 13.3. The highest BCUT2D eigenvalue weighted by molar-refractivity contribution is 7.80. The molecule has 8 N–H and O–H groups in total. The number of aliphatic carboxylic acids is 1. The van der Waals surface area contributed by atoms with E-state index in [9.17, 15) is 24.0 Å². The summed E-state index contributed by atoms with van der Waals surface area (Å²) in [6.45, 7) is 1.28. The fourth-order valence-corrected chi connectivity index (χ4v) is 2.87. The maximum Gasteiger partial charge on any atom is 0.325 e. The smallest absolute Gasteiger partial charge is 0.325 e. The van der Waals surface area contributed by atoms with Gasteiger partial charge in [0, 0.05) is 18.6 Å². The van der Waals surface area contributed by atoms with Gasteiger partial charge < -0.3 is 32.5 Å². The third-order valence-electron chi connectivity index (χ3n) is 4.50. The van der Waals surface area contributed by atoms with Crippen LogP contribution in [0.25, 0.3) is 0 Å². The number of nitrogens with one attached hydrogen (secondary N) is 3. The Kier molecular flexibility index (Phi) is 11.2. The van der Waals surface area contributed by atoms with E-state index in [1.807, 2.05) is 0 Å². The average molecular weight is 468 g/mol. The van der Waals surface area contributed by atoms with Crippen molar-refractivity contribution in [3.8, 4) is 0 Å². The number of carbonyl (C=O) groups is 5. The molecule has 0 bridgehead atoms. The van der Waals surface area contributed by atoms with E-state index in [4.69, 9.17) is 16.6 Å². The van der Waals surface area contributed by atoms with Crippen LogP contribution in [0.2, 0.25) is 0 Å². The van der Waals surface area contributed by atoms with Crippen LogP contribution in [0, 0.1) is 0 Å². The lowest BCUT2D eigenvalue weighted by Gasteiger charge is -2.24. The Morgan fingerprint density at radius 2 is 1.53 bits per heavy atom. The molecule has 32 heavy (non-hydrogen) atoms. The quantitative estimate of drug-likeness (QED) is 0.168. The molecule has 1 aromatic rings. The van der Waals surface area contributed by atoms with Crippen LogP contribution in [0.3, 0.4) is 0 Å². The normalized spacial score (nSPS) is 14.3. The second-order valence-electron chi connectivity index (χ2n) is 7.17. The number of carboxylic acid groups (broad SMARTS) is 1. The lowest BCUT2D eigenvalue weighted by atomic mass is 10.0. The predicted molar refractivity (Wildman–Crippen MR) is 120 cm³/mol. The van der Waals surface area contributed by atoms with Gasteiger partial charge in [0.2, 0.25) is 23.6 Å². The fraction of sp³-hybridized carbons (Fsp3) is 0.450. The summed E-state index contributed by atoms with van der Waals surface area (Å²) < 4.78 is 0. The largest absolute Gasteiger partial charge is 0.480 e. The van der Waals surface area contributed by atoms with Crippen molar-refractivity contribution in [2.75, 3.05) is 5.75 Å². The van der Waals surface area contributed by atoms with Crippen LogP contribution in [0.1, 0.15) is 25.3 Å². The number of amides is 4. The number of hydrogen-bond acceptors (Lipinski definition) is 7. The molecule has 0 spiro atoms. The van der Waals surface area contributed by atoms with E-state index < -0.39 is 53.8 Å². The molecule has 0 aromatic heterocycles. The summed E-state index contributed by atoms with van der Waals surface area (Å²) in [4.78, 5) is 59.5. The van der Waals surface area contributed by atoms with Gasteiger partial charge in [-0.15, -0.1) is 0 Å². The van der Waals surface area contributed by atoms with Crippen molar-refractivity contribution < 1.29 is 29.1 Å². The Balaban J connectivity index is 2.93. The molecule has 4 amide bonds. The third kappa shape index (κ3) is 9.35. The SMILES string of the molecule is CC(NC(=O)C(CS)NC(=O)C(Cc1ccccc1)NC(=O)C(N)CCC(N)=O)C(=O)O. The molecule has 0 aliphatic carbocycles. The monoisotopic (exact) mass is 467 g/mol. The summed E-state index contributed by atoms with van der Waals surface area (Å²) in [5.41, 5.74) is 11.6. The van der Waals surface area contributed by atoms with Gasteiger partial charge in [-0.2, -0.15) is 12.6 Å². The van der Waals surface area contributed by atoms with Gasteiger partial charge in [-0.05, 0) is 18.9 Å². The van der Waals surface area contributed by atoms with Crippen molar-refractivity contribution in [2.24, 2.45) is 11.5 Å². The van der Waals surface area contributed by atoms with Crippen LogP contribution < -0.4 is 27.4 Å². The molecule has 0 heterocycles. The number of hydrogen-bond donors (Lipinski definition) is 7. The molecule has 11 nitrogen and oxygen atoms in total. The number of primary amides is 1. The van der Waals surface area contributed by atoms with Crippen molar-refractivity contribution in [3.63, 3.8) is 0 Å². The van der Waals surface area contributed by atoms with Gasteiger partial charge in [0.15, 0.2) is 0 Å². The molecular formula is C20H29N5O6S. The molecule has 1 rings (SSSR count). The number of nitrogens with two attached hydrogens (primary N) is 2. The Labute approximate surface area is 191 Å². The lowest BCUT2D eigenvalue weighted by Crippen LogP contribution is -2.58. The van der Waals surface area contributed by atoms with E-state index in [2.05, 4.69) is 28.6 Å². The second-order valence-corrected chi connectivity index (χ2v) is 7.54. The molecule has 12 heteroatoms. The molecule has 4 atom stereocenters. The Hall–Kier alpha value is -3.12. The number of benzene rings is 1. The van der Waals surface area contributed by atoms with Crippen molar-refractivity contribution in [1.82, 2.24) is 16.0 Å². The van der Waals surface area contributed by atoms with Crippen molar-refractivity contribution in [3.05, 3.63) is 35.9 Å². The number of rotatable bonds is 13. The first-order valence-corrected chi connectivity index (χ1v) is 10.5. The molecular weight excluding hydrogens is 438 g/mol. The molecule has 176 valence electrons. The van der Waals surface area contributed by atoms with E-state index in [1.54, 1.807) is 30.3 Å². The topological polar surface area (TPSA) is 194 Å². The molecule has 1 aromatic carbocycles. The molecule has 0 saturated carbocycles. The highest BCUT2D eigenvalue weighted by Gasteiger charge is 2.29. The fourth-order valence-electron chi connectivity index (χ4n) is 2.61. The van der Waals surface area contributed by atoms with Crippen LogP contribution in [-0.4, -0.2) is 64.6 Å². The minimum atomic E-state index is -1.23. The van der Waals surface area contributed by atoms with Gasteiger partial charge in [0.05, 0.1) is 6.04 Å². The molecule has 0 aliphatic rings. The summed E-state index contributed by atoms with van der Waals surface area (Å²) in [6, 6.07) is 4.40. The highest BCUT2D eigenvalue weighted by atomic mass is 32.1. The Bertz CT molecular complexity index is 822.